The Morgan fingerprint density at radius 2 is 2.06 bits per heavy atom. The predicted molar refractivity (Wildman–Crippen MR) is 70.0 cm³/mol. The molecule has 1 aromatic heterocycles. The van der Waals surface area contributed by atoms with Crippen LogP contribution >= 0.6 is 11.3 Å². The molecular formula is C12H16N2OS. The summed E-state index contributed by atoms with van der Waals surface area (Å²) in [5.41, 5.74) is 2.12. The van der Waals surface area contributed by atoms with Crippen molar-refractivity contribution in [1.82, 2.24) is 4.98 Å². The summed E-state index contributed by atoms with van der Waals surface area (Å²) in [4.78, 5) is 15.1. The molecule has 0 aliphatic heterocycles. The van der Waals surface area contributed by atoms with Crippen LogP contribution in [0.3, 0.4) is 0 Å². The van der Waals surface area contributed by atoms with Crippen molar-refractivity contribution in [2.45, 2.75) is 27.7 Å². The molecule has 0 spiro atoms. The van der Waals surface area contributed by atoms with Gasteiger partial charge in [-0.1, -0.05) is 31.3 Å². The van der Waals surface area contributed by atoms with Gasteiger partial charge < -0.3 is 5.32 Å². The minimum atomic E-state index is -0.0826. The minimum Gasteiger partial charge on any atom is -0.302 e. The number of rotatable bonds is 1. The second kappa shape index (κ2) is 5.61. The van der Waals surface area contributed by atoms with Crippen LogP contribution in [0.5, 0.6) is 0 Å². The molecule has 1 aromatic carbocycles. The smallest absolute Gasteiger partial charge is 0.223 e. The Labute approximate surface area is 99.5 Å². The number of benzene rings is 1. The van der Waals surface area contributed by atoms with Crippen LogP contribution in [0.4, 0.5) is 5.13 Å². The van der Waals surface area contributed by atoms with Gasteiger partial charge in [-0.05, 0) is 24.6 Å². The van der Waals surface area contributed by atoms with Gasteiger partial charge in [0.2, 0.25) is 5.91 Å². The molecule has 1 amide bonds. The van der Waals surface area contributed by atoms with Crippen LogP contribution in [0.1, 0.15) is 26.3 Å². The largest absolute Gasteiger partial charge is 0.302 e. The first-order chi connectivity index (χ1) is 7.65. The van der Waals surface area contributed by atoms with E-state index in [-0.39, 0.29) is 5.91 Å². The van der Waals surface area contributed by atoms with Crippen molar-refractivity contribution in [3.05, 3.63) is 23.8 Å². The van der Waals surface area contributed by atoms with Crippen molar-refractivity contribution in [2.24, 2.45) is 0 Å². The van der Waals surface area contributed by atoms with Gasteiger partial charge in [0.05, 0.1) is 10.2 Å². The number of nitrogens with one attached hydrogen (secondary N) is 1. The zero-order valence-electron chi connectivity index (χ0n) is 10.00. The molecule has 86 valence electrons. The number of carbonyl (C=O) groups is 1. The molecule has 0 saturated carbocycles. The molecule has 1 heterocycles. The number of anilines is 1. The van der Waals surface area contributed by atoms with Gasteiger partial charge in [0.25, 0.3) is 0 Å². The van der Waals surface area contributed by atoms with Crippen molar-refractivity contribution in [1.29, 1.82) is 0 Å². The lowest BCUT2D eigenvalue weighted by molar-refractivity contribution is -0.114. The van der Waals surface area contributed by atoms with Crippen LogP contribution < -0.4 is 5.32 Å². The Hall–Kier alpha value is -1.42. The van der Waals surface area contributed by atoms with E-state index in [4.69, 9.17) is 0 Å². The third kappa shape index (κ3) is 3.03. The highest BCUT2D eigenvalue weighted by Gasteiger charge is 2.04. The Balaban J connectivity index is 0.000000606. The van der Waals surface area contributed by atoms with Crippen molar-refractivity contribution in [3.8, 4) is 0 Å². The molecule has 0 aliphatic carbocycles. The van der Waals surface area contributed by atoms with Crippen molar-refractivity contribution < 1.29 is 4.79 Å². The summed E-state index contributed by atoms with van der Waals surface area (Å²) in [5.74, 6) is -0.0826. The monoisotopic (exact) mass is 236 g/mol. The topological polar surface area (TPSA) is 42.0 Å². The number of thiazole rings is 1. The molecule has 0 bridgehead atoms. The summed E-state index contributed by atoms with van der Waals surface area (Å²) in [5, 5.41) is 3.35. The number of hydrogen-bond acceptors (Lipinski definition) is 3. The second-order valence-corrected chi connectivity index (χ2v) is 4.20. The van der Waals surface area contributed by atoms with Crippen LogP contribution in [0, 0.1) is 6.92 Å². The van der Waals surface area contributed by atoms with Gasteiger partial charge >= 0.3 is 0 Å². The highest BCUT2D eigenvalue weighted by molar-refractivity contribution is 7.22. The Morgan fingerprint density at radius 1 is 1.38 bits per heavy atom. The van der Waals surface area contributed by atoms with E-state index in [2.05, 4.69) is 10.3 Å². The van der Waals surface area contributed by atoms with Crippen LogP contribution in [0.15, 0.2) is 18.2 Å². The maximum Gasteiger partial charge on any atom is 0.223 e. The number of fused-ring (bicyclic) bond motifs is 1. The van der Waals surface area contributed by atoms with Gasteiger partial charge in [-0.2, -0.15) is 0 Å². The first kappa shape index (κ1) is 12.6. The van der Waals surface area contributed by atoms with E-state index in [1.807, 2.05) is 39.0 Å². The zero-order chi connectivity index (χ0) is 12.1. The van der Waals surface area contributed by atoms with Gasteiger partial charge in [0.1, 0.15) is 0 Å². The summed E-state index contributed by atoms with van der Waals surface area (Å²) in [6.07, 6.45) is 0. The highest BCUT2D eigenvalue weighted by Crippen LogP contribution is 2.26. The predicted octanol–water partition coefficient (Wildman–Crippen LogP) is 3.59. The molecule has 3 nitrogen and oxygen atoms in total. The lowest BCUT2D eigenvalue weighted by atomic mass is 10.2. The van der Waals surface area contributed by atoms with Crippen LogP contribution in [-0.2, 0) is 4.79 Å². The third-order valence-corrected chi connectivity index (χ3v) is 2.78. The SMILES string of the molecule is CC.CC(=O)Nc1nc2cc(C)ccc2s1. The quantitative estimate of drug-likeness (QED) is 0.822. The number of aromatic nitrogens is 1. The van der Waals surface area contributed by atoms with E-state index < -0.39 is 0 Å². The third-order valence-electron chi connectivity index (χ3n) is 1.83. The number of hydrogen-bond donors (Lipinski definition) is 1. The lowest BCUT2D eigenvalue weighted by Crippen LogP contribution is -2.04. The number of nitrogens with zero attached hydrogens (tertiary/aromatic N) is 1. The van der Waals surface area contributed by atoms with Gasteiger partial charge in [-0.25, -0.2) is 4.98 Å². The van der Waals surface area contributed by atoms with E-state index >= 15 is 0 Å². The second-order valence-electron chi connectivity index (χ2n) is 3.17. The molecule has 0 aliphatic rings. The molecule has 4 heteroatoms. The maximum atomic E-state index is 10.8. The van der Waals surface area contributed by atoms with Crippen molar-refractivity contribution >= 4 is 32.6 Å². The molecular weight excluding hydrogens is 220 g/mol. The van der Waals surface area contributed by atoms with Crippen molar-refractivity contribution in [3.63, 3.8) is 0 Å². The van der Waals surface area contributed by atoms with Gasteiger partial charge in [0.15, 0.2) is 5.13 Å². The molecule has 16 heavy (non-hydrogen) atoms. The summed E-state index contributed by atoms with van der Waals surface area (Å²) in [7, 11) is 0. The van der Waals surface area contributed by atoms with Crippen LogP contribution in [-0.4, -0.2) is 10.9 Å². The minimum absolute atomic E-state index is 0.0826. The summed E-state index contributed by atoms with van der Waals surface area (Å²) >= 11 is 1.49. The fourth-order valence-electron chi connectivity index (χ4n) is 1.24. The fourth-order valence-corrected chi connectivity index (χ4v) is 2.13. The molecule has 0 atom stereocenters. The number of aryl methyl sites for hydroxylation is 1. The van der Waals surface area contributed by atoms with Crippen LogP contribution in [0.2, 0.25) is 0 Å². The fraction of sp³-hybridized carbons (Fsp3) is 0.333. The average Bonchev–Trinajstić information content (AvgIpc) is 2.61. The Bertz CT molecular complexity index is 491. The normalized spacial score (nSPS) is 9.50. The van der Waals surface area contributed by atoms with E-state index in [1.54, 1.807) is 0 Å². The molecule has 0 fully saturated rings. The highest BCUT2D eigenvalue weighted by atomic mass is 32.1. The van der Waals surface area contributed by atoms with Crippen molar-refractivity contribution in [2.75, 3.05) is 5.32 Å². The van der Waals surface area contributed by atoms with E-state index in [1.165, 1.54) is 23.8 Å². The van der Waals surface area contributed by atoms with Gasteiger partial charge in [-0.15, -0.1) is 0 Å². The van der Waals surface area contributed by atoms with Gasteiger partial charge in [0, 0.05) is 6.92 Å². The first-order valence-corrected chi connectivity index (χ1v) is 6.11. The van der Waals surface area contributed by atoms with E-state index in [9.17, 15) is 4.79 Å². The molecule has 0 saturated heterocycles. The summed E-state index contributed by atoms with van der Waals surface area (Å²) < 4.78 is 1.10. The van der Waals surface area contributed by atoms with E-state index in [0.717, 1.165) is 10.2 Å². The average molecular weight is 236 g/mol. The first-order valence-electron chi connectivity index (χ1n) is 5.30. The molecule has 2 rings (SSSR count). The maximum absolute atomic E-state index is 10.8. The van der Waals surface area contributed by atoms with Crippen LogP contribution in [0.25, 0.3) is 10.2 Å². The summed E-state index contributed by atoms with van der Waals surface area (Å²) in [6, 6.07) is 6.07. The number of amides is 1. The number of carbonyl (C=O) groups excluding carboxylic acids is 1. The molecule has 2 aromatic rings. The Morgan fingerprint density at radius 3 is 2.69 bits per heavy atom. The zero-order valence-corrected chi connectivity index (χ0v) is 10.8. The Kier molecular flexibility index (Phi) is 4.43. The lowest BCUT2D eigenvalue weighted by Gasteiger charge is -1.91. The standard InChI is InChI=1S/C10H10N2OS.C2H6/c1-6-3-4-9-8(5-6)12-10(14-9)11-7(2)13;1-2/h3-5H,1-2H3,(H,11,12,13);1-2H3. The van der Waals surface area contributed by atoms with Gasteiger partial charge in [-0.3, -0.25) is 4.79 Å². The molecule has 0 radical (unpaired) electrons. The van der Waals surface area contributed by atoms with E-state index in [0.29, 0.717) is 5.13 Å². The molecule has 0 unspecified atom stereocenters. The molecule has 1 N–H and O–H groups in total. The summed E-state index contributed by atoms with van der Waals surface area (Å²) in [6.45, 7) is 7.51.